The van der Waals surface area contributed by atoms with Crippen LogP contribution in [0.15, 0.2) is 0 Å². The zero-order chi connectivity index (χ0) is 8.59. The van der Waals surface area contributed by atoms with Gasteiger partial charge in [0, 0.05) is 5.92 Å². The van der Waals surface area contributed by atoms with E-state index in [0.717, 1.165) is 6.42 Å². The molecule has 0 aromatic heterocycles. The normalized spacial score (nSPS) is 31.6. The highest BCUT2D eigenvalue weighted by molar-refractivity contribution is 6.71. The van der Waals surface area contributed by atoms with Gasteiger partial charge in [-0.2, -0.15) is 0 Å². The highest BCUT2D eigenvalue weighted by Crippen LogP contribution is 2.18. The molecule has 0 aromatic carbocycles. The smallest absolute Gasteiger partial charge is 0.0975 e. The first kappa shape index (κ1) is 8.07. The van der Waals surface area contributed by atoms with Crippen LogP contribution in [-0.2, 0) is 0 Å². The van der Waals surface area contributed by atoms with E-state index >= 15 is 0 Å². The molecule has 11 heavy (non-hydrogen) atoms. The fraction of sp³-hybridized carbons (Fsp3) is 0.571. The molecule has 0 aliphatic heterocycles. The Labute approximate surface area is 65.3 Å². The summed E-state index contributed by atoms with van der Waals surface area (Å²) in [5, 5.41) is 22.1. The lowest BCUT2D eigenvalue weighted by Gasteiger charge is -2.09. The number of nitrogens with one attached hydrogen (secondary N) is 3. The van der Waals surface area contributed by atoms with Crippen molar-refractivity contribution in [2.75, 3.05) is 0 Å². The van der Waals surface area contributed by atoms with Gasteiger partial charge in [-0.3, -0.25) is 5.41 Å². The summed E-state index contributed by atoms with van der Waals surface area (Å²) in [6, 6.07) is -0.417. The molecule has 1 saturated carbocycles. The summed E-state index contributed by atoms with van der Waals surface area (Å²) in [6.07, 6.45) is 0.741. The van der Waals surface area contributed by atoms with Gasteiger partial charge in [0.05, 0.1) is 23.2 Å². The Kier molecular flexibility index (Phi) is 1.87. The molecule has 4 heteroatoms. The third-order valence-electron chi connectivity index (χ3n) is 2.12. The Morgan fingerprint density at radius 1 is 1.27 bits per heavy atom. The van der Waals surface area contributed by atoms with Crippen molar-refractivity contribution in [2.45, 2.75) is 19.4 Å². The maximum absolute atomic E-state index is 7.43. The fourth-order valence-corrected chi connectivity index (χ4v) is 1.34. The molecule has 0 radical (unpaired) electrons. The molecule has 1 rings (SSSR count). The summed E-state index contributed by atoms with van der Waals surface area (Å²) in [5.41, 5.74) is 5.97. The van der Waals surface area contributed by atoms with Gasteiger partial charge in [-0.05, 0) is 6.42 Å². The third-order valence-corrected chi connectivity index (χ3v) is 2.12. The predicted molar refractivity (Wildman–Crippen MR) is 44.9 cm³/mol. The van der Waals surface area contributed by atoms with Crippen molar-refractivity contribution in [1.29, 1.82) is 16.2 Å². The molecular weight excluding hydrogens is 140 g/mol. The van der Waals surface area contributed by atoms with Gasteiger partial charge in [-0.15, -0.1) is 0 Å². The molecule has 0 heterocycles. The maximum Gasteiger partial charge on any atom is 0.0975 e. The van der Waals surface area contributed by atoms with E-state index in [-0.39, 0.29) is 23.1 Å². The van der Waals surface area contributed by atoms with Gasteiger partial charge >= 0.3 is 0 Å². The van der Waals surface area contributed by atoms with E-state index in [2.05, 4.69) is 0 Å². The lowest BCUT2D eigenvalue weighted by Crippen LogP contribution is -2.32. The summed E-state index contributed by atoms with van der Waals surface area (Å²) < 4.78 is 0. The Morgan fingerprint density at radius 2 is 1.82 bits per heavy atom. The van der Waals surface area contributed by atoms with Gasteiger partial charge in [-0.25, -0.2) is 0 Å². The summed E-state index contributed by atoms with van der Waals surface area (Å²) >= 11 is 0. The maximum atomic E-state index is 7.43. The summed E-state index contributed by atoms with van der Waals surface area (Å²) in [5.74, 6) is -0.102. The van der Waals surface area contributed by atoms with Crippen LogP contribution in [0.2, 0.25) is 0 Å². The van der Waals surface area contributed by atoms with E-state index in [1.165, 1.54) is 0 Å². The number of nitrogens with two attached hydrogens (primary N) is 1. The summed E-state index contributed by atoms with van der Waals surface area (Å²) in [6.45, 7) is 1.92. The highest BCUT2D eigenvalue weighted by Gasteiger charge is 2.36. The Bertz CT molecular complexity index is 231. The van der Waals surface area contributed by atoms with Crippen LogP contribution in [-0.4, -0.2) is 23.2 Å². The zero-order valence-electron chi connectivity index (χ0n) is 6.44. The first-order valence-corrected chi connectivity index (χ1v) is 3.61. The van der Waals surface area contributed by atoms with Crippen molar-refractivity contribution in [1.82, 2.24) is 0 Å². The van der Waals surface area contributed by atoms with Gasteiger partial charge in [0.15, 0.2) is 0 Å². The monoisotopic (exact) mass is 152 g/mol. The highest BCUT2D eigenvalue weighted by atomic mass is 14.8. The number of hydrogen-bond acceptors (Lipinski definition) is 4. The van der Waals surface area contributed by atoms with Gasteiger partial charge in [0.1, 0.15) is 0 Å². The van der Waals surface area contributed by atoms with Crippen molar-refractivity contribution < 1.29 is 0 Å². The van der Waals surface area contributed by atoms with Crippen LogP contribution >= 0.6 is 0 Å². The van der Waals surface area contributed by atoms with Crippen molar-refractivity contribution in [2.24, 2.45) is 11.7 Å². The molecule has 2 atom stereocenters. The second-order valence-electron chi connectivity index (χ2n) is 2.74. The summed E-state index contributed by atoms with van der Waals surface area (Å²) in [7, 11) is 0. The van der Waals surface area contributed by atoms with Gasteiger partial charge in [0.2, 0.25) is 0 Å². The molecule has 1 aliphatic carbocycles. The quantitative estimate of drug-likeness (QED) is 0.430. The van der Waals surface area contributed by atoms with E-state index < -0.39 is 6.04 Å². The second-order valence-corrected chi connectivity index (χ2v) is 2.74. The molecule has 4 nitrogen and oxygen atoms in total. The average molecular weight is 152 g/mol. The molecule has 0 bridgehead atoms. The zero-order valence-corrected chi connectivity index (χ0v) is 6.44. The summed E-state index contributed by atoms with van der Waals surface area (Å²) in [4.78, 5) is 0. The first-order chi connectivity index (χ1) is 5.09. The fourth-order valence-electron chi connectivity index (χ4n) is 1.34. The molecule has 0 spiro atoms. The van der Waals surface area contributed by atoms with E-state index in [1.807, 2.05) is 6.92 Å². The largest absolute Gasteiger partial charge is 0.322 e. The minimum atomic E-state index is -0.417. The van der Waals surface area contributed by atoms with Crippen LogP contribution in [0.5, 0.6) is 0 Å². The molecule has 0 saturated heterocycles. The van der Waals surface area contributed by atoms with Crippen LogP contribution in [0.3, 0.4) is 0 Å². The van der Waals surface area contributed by atoms with Crippen molar-refractivity contribution in [3.05, 3.63) is 0 Å². The predicted octanol–water partition coefficient (Wildman–Crippen LogP) is 0.413. The Balaban J connectivity index is 2.95. The number of hydrogen-bond donors (Lipinski definition) is 4. The average Bonchev–Trinajstić information content (AvgIpc) is 2.17. The van der Waals surface area contributed by atoms with E-state index in [1.54, 1.807) is 0 Å². The van der Waals surface area contributed by atoms with Crippen LogP contribution < -0.4 is 5.73 Å². The van der Waals surface area contributed by atoms with Crippen molar-refractivity contribution in [3.63, 3.8) is 0 Å². The lowest BCUT2D eigenvalue weighted by molar-refractivity contribution is 0.628. The van der Waals surface area contributed by atoms with Crippen molar-refractivity contribution >= 4 is 17.1 Å². The molecule has 60 valence electrons. The number of rotatable bonds is 1. The Hall–Kier alpha value is -1.03. The lowest BCUT2D eigenvalue weighted by atomic mass is 10.00. The van der Waals surface area contributed by atoms with Crippen LogP contribution in [0, 0.1) is 22.1 Å². The van der Waals surface area contributed by atoms with Crippen LogP contribution in [0.1, 0.15) is 13.3 Å². The standard InChI is InChI=1S/C7H12N4/c1-2-3-4(8)6(10)7(11)5(3)9/h3-4,9-11H,2,8H2,1H3. The molecule has 2 unspecified atom stereocenters. The molecule has 5 N–H and O–H groups in total. The molecule has 0 aromatic rings. The van der Waals surface area contributed by atoms with Crippen LogP contribution in [0.4, 0.5) is 0 Å². The molecular formula is C7H12N4. The molecule has 1 fully saturated rings. The molecule has 0 amide bonds. The Morgan fingerprint density at radius 3 is 2.00 bits per heavy atom. The molecule has 1 aliphatic rings. The van der Waals surface area contributed by atoms with Gasteiger partial charge in [-0.1, -0.05) is 6.92 Å². The van der Waals surface area contributed by atoms with Crippen LogP contribution in [0.25, 0.3) is 0 Å². The second kappa shape index (κ2) is 2.54. The van der Waals surface area contributed by atoms with E-state index in [9.17, 15) is 0 Å². The SMILES string of the molecule is CCC1C(=N)C(=N)C(=N)C1N. The van der Waals surface area contributed by atoms with Gasteiger partial charge < -0.3 is 16.6 Å². The van der Waals surface area contributed by atoms with Crippen molar-refractivity contribution in [3.8, 4) is 0 Å². The van der Waals surface area contributed by atoms with Gasteiger partial charge in [0.25, 0.3) is 0 Å². The minimum Gasteiger partial charge on any atom is -0.322 e. The minimum absolute atomic E-state index is 0.0179. The van der Waals surface area contributed by atoms with E-state index in [4.69, 9.17) is 22.0 Å². The third kappa shape index (κ3) is 0.991. The topological polar surface area (TPSA) is 97.6 Å². The first-order valence-electron chi connectivity index (χ1n) is 3.61. The van der Waals surface area contributed by atoms with E-state index in [0.29, 0.717) is 0 Å².